The van der Waals surface area contributed by atoms with Crippen LogP contribution in [0.15, 0.2) is 0 Å². The number of methoxy groups -OCH3 is 1. The second-order valence-electron chi connectivity index (χ2n) is 3.91. The minimum absolute atomic E-state index is 0.481. The van der Waals surface area contributed by atoms with Gasteiger partial charge in [0, 0.05) is 12.3 Å². The Kier molecular flexibility index (Phi) is 3.92. The average Bonchev–Trinajstić information content (AvgIpc) is 2.20. The van der Waals surface area contributed by atoms with Gasteiger partial charge in [0.15, 0.2) is 0 Å². The third-order valence-corrected chi connectivity index (χ3v) is 2.99. The van der Waals surface area contributed by atoms with E-state index in [1.807, 2.05) is 0 Å². The van der Waals surface area contributed by atoms with E-state index in [9.17, 15) is 9.59 Å². The minimum atomic E-state index is -0.745. The Balaban J connectivity index is 0.000000171. The van der Waals surface area contributed by atoms with Crippen LogP contribution in [0.5, 0.6) is 0 Å². The van der Waals surface area contributed by atoms with Crippen molar-refractivity contribution in [1.82, 2.24) is 0 Å². The molecule has 0 unspecified atom stereocenters. The van der Waals surface area contributed by atoms with Gasteiger partial charge in [-0.25, -0.2) is 4.79 Å². The maximum Gasteiger partial charge on any atom is 0.404 e. The predicted molar refractivity (Wildman–Crippen MR) is 51.7 cm³/mol. The highest BCUT2D eigenvalue weighted by molar-refractivity contribution is 5.82. The summed E-state index contributed by atoms with van der Waals surface area (Å²) in [5, 5.41) is 0. The Labute approximate surface area is 83.8 Å². The number of ketones is 1. The topological polar surface area (TPSA) is 69.4 Å². The summed E-state index contributed by atoms with van der Waals surface area (Å²) in [6.07, 6.45) is 5.22. The third-order valence-electron chi connectivity index (χ3n) is 2.99. The average molecular weight is 199 g/mol. The second-order valence-corrected chi connectivity index (χ2v) is 3.91. The van der Waals surface area contributed by atoms with E-state index >= 15 is 0 Å². The summed E-state index contributed by atoms with van der Waals surface area (Å²) in [4.78, 5) is 20.4. The first-order valence-electron chi connectivity index (χ1n) is 4.99. The van der Waals surface area contributed by atoms with E-state index in [2.05, 4.69) is 10.5 Å². The largest absolute Gasteiger partial charge is 0.453 e. The molecule has 4 heteroatoms. The van der Waals surface area contributed by atoms with Crippen LogP contribution >= 0.6 is 0 Å². The van der Waals surface area contributed by atoms with Gasteiger partial charge in [-0.1, -0.05) is 0 Å². The van der Waals surface area contributed by atoms with Crippen LogP contribution in [-0.2, 0) is 9.53 Å². The fourth-order valence-corrected chi connectivity index (χ4v) is 2.14. The van der Waals surface area contributed by atoms with Crippen LogP contribution in [0.1, 0.15) is 32.1 Å². The van der Waals surface area contributed by atoms with E-state index in [1.165, 1.54) is 32.8 Å². The van der Waals surface area contributed by atoms with Crippen molar-refractivity contribution in [2.24, 2.45) is 17.6 Å². The fraction of sp³-hybridized carbons (Fsp3) is 0.800. The summed E-state index contributed by atoms with van der Waals surface area (Å²) in [5.41, 5.74) is 4.43. The summed E-state index contributed by atoms with van der Waals surface area (Å²) in [5.74, 6) is 1.81. The molecule has 0 heterocycles. The molecular formula is C10H17NO3. The molecule has 3 saturated carbocycles. The lowest BCUT2D eigenvalue weighted by molar-refractivity contribution is -0.128. The molecule has 2 N–H and O–H groups in total. The lowest BCUT2D eigenvalue weighted by Crippen LogP contribution is -2.30. The normalized spacial score (nSPS) is 29.1. The fourth-order valence-electron chi connectivity index (χ4n) is 2.14. The highest BCUT2D eigenvalue weighted by atomic mass is 16.5. The maximum absolute atomic E-state index is 11.1. The molecule has 0 aliphatic heterocycles. The van der Waals surface area contributed by atoms with E-state index in [-0.39, 0.29) is 0 Å². The molecule has 0 aromatic carbocycles. The third kappa shape index (κ3) is 3.01. The van der Waals surface area contributed by atoms with Gasteiger partial charge in [0.05, 0.1) is 7.11 Å². The number of rotatable bonds is 0. The number of hydrogen-bond donors (Lipinski definition) is 1. The molecule has 3 rings (SSSR count). The van der Waals surface area contributed by atoms with Crippen LogP contribution in [0.3, 0.4) is 0 Å². The number of fused-ring (bicyclic) bond motifs is 3. The van der Waals surface area contributed by atoms with Crippen LogP contribution in [0.4, 0.5) is 4.79 Å². The first-order valence-corrected chi connectivity index (χ1v) is 4.99. The van der Waals surface area contributed by atoms with Gasteiger partial charge in [0.1, 0.15) is 5.78 Å². The summed E-state index contributed by atoms with van der Waals surface area (Å²) >= 11 is 0. The van der Waals surface area contributed by atoms with Crippen LogP contribution in [0, 0.1) is 11.8 Å². The standard InChI is InChI=1S/C8H12O.C2H5NO2/c9-8-5-6-1-3-7(8)4-2-6;1-5-2(3)4/h6-7H,1-5H2;1H3,(H2,3,4). The van der Waals surface area contributed by atoms with Crippen molar-refractivity contribution < 1.29 is 14.3 Å². The first kappa shape index (κ1) is 11.0. The zero-order chi connectivity index (χ0) is 10.6. The summed E-state index contributed by atoms with van der Waals surface area (Å²) in [6, 6.07) is 0. The van der Waals surface area contributed by atoms with Crippen molar-refractivity contribution >= 4 is 11.9 Å². The Morgan fingerprint density at radius 1 is 1.36 bits per heavy atom. The van der Waals surface area contributed by atoms with Crippen LogP contribution < -0.4 is 5.73 Å². The first-order chi connectivity index (χ1) is 6.63. The molecule has 3 aliphatic carbocycles. The van der Waals surface area contributed by atoms with Gasteiger partial charge in [-0.3, -0.25) is 4.79 Å². The monoisotopic (exact) mass is 199 g/mol. The molecule has 0 radical (unpaired) electrons. The van der Waals surface area contributed by atoms with Gasteiger partial charge in [-0.2, -0.15) is 0 Å². The number of primary amides is 1. The van der Waals surface area contributed by atoms with E-state index in [0.29, 0.717) is 11.7 Å². The molecule has 0 saturated heterocycles. The van der Waals surface area contributed by atoms with Crippen molar-refractivity contribution in [2.75, 3.05) is 7.11 Å². The van der Waals surface area contributed by atoms with E-state index in [0.717, 1.165) is 12.3 Å². The molecule has 0 aromatic heterocycles. The zero-order valence-electron chi connectivity index (χ0n) is 8.49. The second kappa shape index (κ2) is 4.98. The highest BCUT2D eigenvalue weighted by Crippen LogP contribution is 2.38. The summed E-state index contributed by atoms with van der Waals surface area (Å²) < 4.78 is 3.89. The van der Waals surface area contributed by atoms with Gasteiger partial charge in [-0.15, -0.1) is 0 Å². The van der Waals surface area contributed by atoms with E-state index in [4.69, 9.17) is 0 Å². The van der Waals surface area contributed by atoms with Gasteiger partial charge in [-0.05, 0) is 31.6 Å². The molecule has 1 amide bonds. The van der Waals surface area contributed by atoms with Crippen molar-refractivity contribution in [3.63, 3.8) is 0 Å². The molecule has 0 aromatic rings. The quantitative estimate of drug-likeness (QED) is 0.642. The molecule has 4 nitrogen and oxygen atoms in total. The lowest BCUT2D eigenvalue weighted by Gasteiger charge is -2.34. The van der Waals surface area contributed by atoms with Gasteiger partial charge in [0.2, 0.25) is 0 Å². The number of ether oxygens (including phenoxy) is 1. The maximum atomic E-state index is 11.1. The zero-order valence-corrected chi connectivity index (χ0v) is 8.49. The van der Waals surface area contributed by atoms with Gasteiger partial charge < -0.3 is 10.5 Å². The molecule has 0 atom stereocenters. The number of amides is 1. The van der Waals surface area contributed by atoms with E-state index in [1.54, 1.807) is 0 Å². The number of carbonyl (C=O) groups excluding carboxylic acids is 2. The minimum Gasteiger partial charge on any atom is -0.453 e. The van der Waals surface area contributed by atoms with Crippen LogP contribution in [-0.4, -0.2) is 19.0 Å². The SMILES string of the molecule is COC(N)=O.O=C1CC2CCC1CC2. The highest BCUT2D eigenvalue weighted by Gasteiger charge is 2.33. The van der Waals surface area contributed by atoms with Crippen molar-refractivity contribution in [3.05, 3.63) is 0 Å². The van der Waals surface area contributed by atoms with Crippen molar-refractivity contribution in [2.45, 2.75) is 32.1 Å². The Hall–Kier alpha value is -1.06. The Morgan fingerprint density at radius 3 is 2.00 bits per heavy atom. The predicted octanol–water partition coefficient (Wildman–Crippen LogP) is 1.48. The van der Waals surface area contributed by atoms with Gasteiger partial charge >= 0.3 is 6.09 Å². The number of Topliss-reactive ketones (excluding diaryl/α,β-unsaturated/α-hetero) is 1. The Morgan fingerprint density at radius 2 is 1.86 bits per heavy atom. The number of hydrogen-bond acceptors (Lipinski definition) is 3. The van der Waals surface area contributed by atoms with Crippen LogP contribution in [0.2, 0.25) is 0 Å². The van der Waals surface area contributed by atoms with E-state index < -0.39 is 6.09 Å². The summed E-state index contributed by atoms with van der Waals surface area (Å²) in [6.45, 7) is 0. The smallest absolute Gasteiger partial charge is 0.404 e. The lowest BCUT2D eigenvalue weighted by atomic mass is 9.70. The van der Waals surface area contributed by atoms with Crippen LogP contribution in [0.25, 0.3) is 0 Å². The molecular weight excluding hydrogens is 182 g/mol. The molecule has 80 valence electrons. The molecule has 14 heavy (non-hydrogen) atoms. The molecule has 3 aliphatic rings. The molecule has 2 bridgehead atoms. The van der Waals surface area contributed by atoms with Crippen molar-refractivity contribution in [1.29, 1.82) is 0 Å². The summed E-state index contributed by atoms with van der Waals surface area (Å²) in [7, 11) is 1.22. The number of carbonyl (C=O) groups is 2. The Bertz CT molecular complexity index is 219. The van der Waals surface area contributed by atoms with Gasteiger partial charge in [0.25, 0.3) is 0 Å². The molecule has 0 spiro atoms. The number of nitrogens with two attached hydrogens (primary N) is 1. The van der Waals surface area contributed by atoms with Crippen molar-refractivity contribution in [3.8, 4) is 0 Å². The molecule has 3 fully saturated rings.